The summed E-state index contributed by atoms with van der Waals surface area (Å²) in [6, 6.07) is 17.4. The van der Waals surface area contributed by atoms with Crippen molar-refractivity contribution in [2.24, 2.45) is 0 Å². The molecule has 0 bridgehead atoms. The molecule has 1 aliphatic heterocycles. The van der Waals surface area contributed by atoms with Crippen LogP contribution >= 0.6 is 43.5 Å². The van der Waals surface area contributed by atoms with Gasteiger partial charge in [-0.2, -0.15) is 0 Å². The standard InChI is InChI=1S/C25H16Br2ClN3O5/c26-19-11-14(12-20(27)22(19)36-13-21(32)29-16-4-2-1-3-5-16)10-18-23(33)30-25(35)31(24(18)34)17-8-6-15(28)7-9-17/h1-12H,13H2,(H,29,32)(H,30,33,35)/b18-10-. The summed E-state index contributed by atoms with van der Waals surface area (Å²) in [7, 11) is 0. The summed E-state index contributed by atoms with van der Waals surface area (Å²) in [6.45, 7) is -0.244. The largest absolute Gasteiger partial charge is 0.481 e. The first-order valence-electron chi connectivity index (χ1n) is 10.4. The number of barbiturate groups is 1. The Morgan fingerprint density at radius 3 is 2.28 bits per heavy atom. The molecule has 1 fully saturated rings. The van der Waals surface area contributed by atoms with E-state index in [0.717, 1.165) is 4.90 Å². The maximum Gasteiger partial charge on any atom is 0.335 e. The molecule has 0 spiro atoms. The lowest BCUT2D eigenvalue weighted by atomic mass is 10.1. The van der Waals surface area contributed by atoms with Gasteiger partial charge in [-0.1, -0.05) is 29.8 Å². The fourth-order valence-corrected chi connectivity index (χ4v) is 4.88. The Morgan fingerprint density at radius 2 is 1.64 bits per heavy atom. The van der Waals surface area contributed by atoms with Gasteiger partial charge in [0.1, 0.15) is 11.3 Å². The molecular weight excluding hydrogens is 618 g/mol. The van der Waals surface area contributed by atoms with Gasteiger partial charge < -0.3 is 10.1 Å². The smallest absolute Gasteiger partial charge is 0.335 e. The summed E-state index contributed by atoms with van der Waals surface area (Å²) >= 11 is 12.7. The van der Waals surface area contributed by atoms with Crippen LogP contribution in [0.15, 0.2) is 81.2 Å². The molecule has 0 aliphatic carbocycles. The summed E-state index contributed by atoms with van der Waals surface area (Å²) in [6.07, 6.45) is 1.36. The molecule has 0 radical (unpaired) electrons. The zero-order valence-electron chi connectivity index (χ0n) is 18.3. The lowest BCUT2D eigenvalue weighted by Crippen LogP contribution is -2.54. The van der Waals surface area contributed by atoms with E-state index < -0.39 is 17.8 Å². The first-order valence-corrected chi connectivity index (χ1v) is 12.3. The Morgan fingerprint density at radius 1 is 1.00 bits per heavy atom. The molecule has 3 aromatic rings. The Balaban J connectivity index is 1.53. The highest BCUT2D eigenvalue weighted by atomic mass is 79.9. The molecule has 5 amide bonds. The summed E-state index contributed by atoms with van der Waals surface area (Å²) in [5.41, 5.74) is 1.14. The molecule has 11 heteroatoms. The minimum absolute atomic E-state index is 0.237. The zero-order chi connectivity index (χ0) is 25.8. The average molecular weight is 634 g/mol. The molecule has 1 heterocycles. The van der Waals surface area contributed by atoms with Crippen molar-refractivity contribution in [3.63, 3.8) is 0 Å². The van der Waals surface area contributed by atoms with Crippen molar-refractivity contribution in [3.05, 3.63) is 91.8 Å². The molecule has 36 heavy (non-hydrogen) atoms. The molecule has 0 atom stereocenters. The Hall–Kier alpha value is -3.47. The number of ether oxygens (including phenoxy) is 1. The summed E-state index contributed by atoms with van der Waals surface area (Å²) in [5, 5.41) is 5.33. The van der Waals surface area contributed by atoms with Gasteiger partial charge in [-0.3, -0.25) is 19.7 Å². The van der Waals surface area contributed by atoms with Crippen LogP contribution in [0.4, 0.5) is 16.2 Å². The van der Waals surface area contributed by atoms with Crippen molar-refractivity contribution in [2.75, 3.05) is 16.8 Å². The highest BCUT2D eigenvalue weighted by molar-refractivity contribution is 9.11. The average Bonchev–Trinajstić information content (AvgIpc) is 2.83. The third-order valence-electron chi connectivity index (χ3n) is 4.92. The van der Waals surface area contributed by atoms with E-state index in [4.69, 9.17) is 16.3 Å². The van der Waals surface area contributed by atoms with E-state index in [1.165, 1.54) is 30.3 Å². The van der Waals surface area contributed by atoms with Gasteiger partial charge in [0.15, 0.2) is 6.61 Å². The fourth-order valence-electron chi connectivity index (χ4n) is 3.31. The number of rotatable bonds is 6. The minimum Gasteiger partial charge on any atom is -0.481 e. The first kappa shape index (κ1) is 25.6. The number of nitrogens with one attached hydrogen (secondary N) is 2. The van der Waals surface area contributed by atoms with Gasteiger partial charge >= 0.3 is 6.03 Å². The van der Waals surface area contributed by atoms with Crippen LogP contribution in [-0.2, 0) is 14.4 Å². The van der Waals surface area contributed by atoms with Crippen LogP contribution in [0.3, 0.4) is 0 Å². The SMILES string of the molecule is O=C(COc1c(Br)cc(/C=C2/C(=O)NC(=O)N(c3ccc(Cl)cc3)C2=O)cc1Br)Nc1ccccc1. The number of para-hydroxylation sites is 1. The zero-order valence-corrected chi connectivity index (χ0v) is 22.2. The highest BCUT2D eigenvalue weighted by Gasteiger charge is 2.36. The van der Waals surface area contributed by atoms with Gasteiger partial charge in [-0.05, 0) is 92.0 Å². The van der Waals surface area contributed by atoms with Crippen molar-refractivity contribution in [3.8, 4) is 5.75 Å². The van der Waals surface area contributed by atoms with Gasteiger partial charge in [0.05, 0.1) is 14.6 Å². The van der Waals surface area contributed by atoms with Crippen molar-refractivity contribution in [1.29, 1.82) is 0 Å². The van der Waals surface area contributed by atoms with Gasteiger partial charge in [0.2, 0.25) is 0 Å². The van der Waals surface area contributed by atoms with Crippen LogP contribution in [0.25, 0.3) is 6.08 Å². The third kappa shape index (κ3) is 5.84. The molecule has 1 saturated heterocycles. The number of halogens is 3. The van der Waals surface area contributed by atoms with E-state index >= 15 is 0 Å². The van der Waals surface area contributed by atoms with Crippen LogP contribution in [-0.4, -0.2) is 30.4 Å². The second-order valence-electron chi connectivity index (χ2n) is 7.45. The van der Waals surface area contributed by atoms with E-state index in [1.54, 1.807) is 36.4 Å². The maximum atomic E-state index is 13.1. The molecule has 2 N–H and O–H groups in total. The third-order valence-corrected chi connectivity index (χ3v) is 6.35. The molecule has 0 saturated carbocycles. The molecule has 4 rings (SSSR count). The summed E-state index contributed by atoms with van der Waals surface area (Å²) < 4.78 is 6.61. The number of urea groups is 1. The van der Waals surface area contributed by atoms with Crippen LogP contribution in [0.1, 0.15) is 5.56 Å². The number of nitrogens with zero attached hydrogens (tertiary/aromatic N) is 1. The van der Waals surface area contributed by atoms with E-state index in [1.807, 2.05) is 6.07 Å². The quantitative estimate of drug-likeness (QED) is 0.274. The molecule has 8 nitrogen and oxygen atoms in total. The van der Waals surface area contributed by atoms with Crippen LogP contribution in [0, 0.1) is 0 Å². The van der Waals surface area contributed by atoms with E-state index in [0.29, 0.717) is 31.0 Å². The lowest BCUT2D eigenvalue weighted by Gasteiger charge is -2.26. The lowest BCUT2D eigenvalue weighted by molar-refractivity contribution is -0.122. The fraction of sp³-hybridized carbons (Fsp3) is 0.0400. The van der Waals surface area contributed by atoms with Crippen LogP contribution in [0.2, 0.25) is 5.02 Å². The normalized spacial score (nSPS) is 14.6. The molecule has 1 aliphatic rings. The predicted molar refractivity (Wildman–Crippen MR) is 143 cm³/mol. The highest BCUT2D eigenvalue weighted by Crippen LogP contribution is 2.36. The number of carbonyl (C=O) groups is 4. The van der Waals surface area contributed by atoms with Crippen molar-refractivity contribution >= 4 is 84.7 Å². The van der Waals surface area contributed by atoms with Crippen LogP contribution < -0.4 is 20.3 Å². The second kappa shape index (κ2) is 11.1. The number of hydrogen-bond acceptors (Lipinski definition) is 5. The van der Waals surface area contributed by atoms with E-state index in [2.05, 4.69) is 42.5 Å². The monoisotopic (exact) mass is 631 g/mol. The van der Waals surface area contributed by atoms with Gasteiger partial charge in [-0.25, -0.2) is 9.69 Å². The van der Waals surface area contributed by atoms with Crippen molar-refractivity contribution in [1.82, 2.24) is 5.32 Å². The number of amides is 5. The van der Waals surface area contributed by atoms with Crippen LogP contribution in [0.5, 0.6) is 5.75 Å². The Bertz CT molecular complexity index is 1370. The van der Waals surface area contributed by atoms with Gasteiger partial charge in [0.25, 0.3) is 17.7 Å². The van der Waals surface area contributed by atoms with Crippen molar-refractivity contribution in [2.45, 2.75) is 0 Å². The Kier molecular flexibility index (Phi) is 7.88. The van der Waals surface area contributed by atoms with E-state index in [-0.39, 0.29) is 23.8 Å². The summed E-state index contributed by atoms with van der Waals surface area (Å²) in [4.78, 5) is 50.9. The molecular formula is C25H16Br2ClN3O5. The number of hydrogen-bond donors (Lipinski definition) is 2. The number of carbonyl (C=O) groups excluding carboxylic acids is 4. The summed E-state index contributed by atoms with van der Waals surface area (Å²) in [5.74, 6) is -1.59. The molecule has 182 valence electrons. The Labute approximate surface area is 227 Å². The molecule has 3 aromatic carbocycles. The second-order valence-corrected chi connectivity index (χ2v) is 9.60. The molecule has 0 unspecified atom stereocenters. The number of imide groups is 2. The first-order chi connectivity index (χ1) is 17.2. The topological polar surface area (TPSA) is 105 Å². The van der Waals surface area contributed by atoms with E-state index in [9.17, 15) is 19.2 Å². The molecule has 0 aromatic heterocycles. The maximum absolute atomic E-state index is 13.1. The minimum atomic E-state index is -0.857. The van der Waals surface area contributed by atoms with Gasteiger partial charge in [-0.15, -0.1) is 0 Å². The number of benzene rings is 3. The van der Waals surface area contributed by atoms with Crippen molar-refractivity contribution < 1.29 is 23.9 Å². The number of anilines is 2. The predicted octanol–water partition coefficient (Wildman–Crippen LogP) is 5.55. The van der Waals surface area contributed by atoms with Gasteiger partial charge in [0, 0.05) is 10.7 Å².